The van der Waals surface area contributed by atoms with Gasteiger partial charge in [-0.3, -0.25) is 9.36 Å². The maximum atomic E-state index is 12.5. The van der Waals surface area contributed by atoms with E-state index in [0.29, 0.717) is 5.82 Å². The van der Waals surface area contributed by atoms with Crippen molar-refractivity contribution in [2.45, 2.75) is 0 Å². The van der Waals surface area contributed by atoms with E-state index in [1.165, 1.54) is 38.5 Å². The highest BCUT2D eigenvalue weighted by atomic mass is 16.5. The van der Waals surface area contributed by atoms with Gasteiger partial charge in [-0.1, -0.05) is 0 Å². The number of aromatic nitrogens is 4. The monoisotopic (exact) mass is 381 g/mol. The van der Waals surface area contributed by atoms with Crippen LogP contribution in [0.5, 0.6) is 0 Å². The molecule has 1 amide bonds. The summed E-state index contributed by atoms with van der Waals surface area (Å²) in [5.41, 5.74) is 0.335. The van der Waals surface area contributed by atoms with Crippen LogP contribution in [0.3, 0.4) is 0 Å². The molecule has 0 saturated heterocycles. The average molecular weight is 381 g/mol. The summed E-state index contributed by atoms with van der Waals surface area (Å²) in [5.74, 6) is -1.42. The summed E-state index contributed by atoms with van der Waals surface area (Å²) in [5, 5.41) is 10.4. The van der Waals surface area contributed by atoms with Crippen LogP contribution in [0.15, 0.2) is 49.1 Å². The van der Waals surface area contributed by atoms with Gasteiger partial charge in [0.2, 0.25) is 0 Å². The molecule has 2 aromatic heterocycles. The van der Waals surface area contributed by atoms with E-state index in [-0.39, 0.29) is 22.5 Å². The second-order valence-corrected chi connectivity index (χ2v) is 5.44. The van der Waals surface area contributed by atoms with Crippen LogP contribution < -0.4 is 5.32 Å². The molecule has 142 valence electrons. The second kappa shape index (κ2) is 8.08. The highest BCUT2D eigenvalue weighted by molar-refractivity contribution is 6.08. The van der Waals surface area contributed by atoms with Crippen LogP contribution in [-0.2, 0) is 9.47 Å². The Bertz CT molecular complexity index is 1020. The van der Waals surface area contributed by atoms with Crippen molar-refractivity contribution in [3.05, 3.63) is 65.9 Å². The number of methoxy groups -OCH3 is 2. The minimum Gasteiger partial charge on any atom is -0.465 e. The number of benzene rings is 1. The topological polar surface area (TPSA) is 125 Å². The molecular weight excluding hydrogens is 366 g/mol. The van der Waals surface area contributed by atoms with Crippen LogP contribution in [0.25, 0.3) is 5.82 Å². The summed E-state index contributed by atoms with van der Waals surface area (Å²) in [6.07, 6.45) is 4.82. The number of hydrogen-bond acceptors (Lipinski definition) is 8. The van der Waals surface area contributed by atoms with E-state index in [2.05, 4.69) is 25.2 Å². The molecule has 0 fully saturated rings. The number of esters is 2. The van der Waals surface area contributed by atoms with E-state index in [4.69, 9.17) is 4.74 Å². The van der Waals surface area contributed by atoms with Crippen molar-refractivity contribution in [1.29, 1.82) is 0 Å². The van der Waals surface area contributed by atoms with Gasteiger partial charge in [0.1, 0.15) is 6.33 Å². The van der Waals surface area contributed by atoms with E-state index in [0.717, 1.165) is 0 Å². The third-order valence-corrected chi connectivity index (χ3v) is 3.75. The molecule has 0 atom stereocenters. The lowest BCUT2D eigenvalue weighted by Crippen LogP contribution is -2.18. The maximum absolute atomic E-state index is 12.5. The normalized spacial score (nSPS) is 10.2. The molecule has 10 heteroatoms. The van der Waals surface area contributed by atoms with Crippen molar-refractivity contribution in [2.24, 2.45) is 0 Å². The number of hydrogen-bond donors (Lipinski definition) is 1. The van der Waals surface area contributed by atoms with E-state index in [1.54, 1.807) is 29.4 Å². The Hall–Kier alpha value is -4.08. The zero-order valence-corrected chi connectivity index (χ0v) is 14.9. The van der Waals surface area contributed by atoms with Crippen LogP contribution >= 0.6 is 0 Å². The number of ether oxygens (including phenoxy) is 2. The minimum atomic E-state index is -0.673. The van der Waals surface area contributed by atoms with Gasteiger partial charge in [-0.15, -0.1) is 10.2 Å². The second-order valence-electron chi connectivity index (χ2n) is 5.44. The molecule has 10 nitrogen and oxygen atoms in total. The molecule has 0 aliphatic carbocycles. The summed E-state index contributed by atoms with van der Waals surface area (Å²) in [7, 11) is 2.44. The number of rotatable bonds is 5. The smallest absolute Gasteiger partial charge is 0.339 e. The van der Waals surface area contributed by atoms with E-state index < -0.39 is 17.8 Å². The summed E-state index contributed by atoms with van der Waals surface area (Å²) in [6.45, 7) is 0. The summed E-state index contributed by atoms with van der Waals surface area (Å²) >= 11 is 0. The molecule has 3 rings (SSSR count). The van der Waals surface area contributed by atoms with Gasteiger partial charge < -0.3 is 14.8 Å². The Morgan fingerprint density at radius 2 is 1.79 bits per heavy atom. The molecule has 0 radical (unpaired) electrons. The van der Waals surface area contributed by atoms with Crippen molar-refractivity contribution < 1.29 is 23.9 Å². The molecule has 1 N–H and O–H groups in total. The fourth-order valence-corrected chi connectivity index (χ4v) is 2.35. The largest absolute Gasteiger partial charge is 0.465 e. The standard InChI is InChI=1S/C18H15N5O5/c1-27-17(25)11-3-4-12(18(26)28-2)14(9-11)20-16(24)13-5-6-15(22-21-13)23-8-7-19-10-23/h3-10H,1-2H3,(H,20,24). The summed E-state index contributed by atoms with van der Waals surface area (Å²) in [4.78, 5) is 40.1. The lowest BCUT2D eigenvalue weighted by molar-refractivity contribution is 0.0587. The van der Waals surface area contributed by atoms with E-state index in [9.17, 15) is 14.4 Å². The van der Waals surface area contributed by atoms with Gasteiger partial charge in [-0.2, -0.15) is 0 Å². The molecular formula is C18H15N5O5. The van der Waals surface area contributed by atoms with E-state index >= 15 is 0 Å². The van der Waals surface area contributed by atoms with Gasteiger partial charge >= 0.3 is 11.9 Å². The van der Waals surface area contributed by atoms with Gasteiger partial charge in [0.15, 0.2) is 11.5 Å². The SMILES string of the molecule is COC(=O)c1ccc(C(=O)OC)c(NC(=O)c2ccc(-n3ccnc3)nn2)c1. The Morgan fingerprint density at radius 1 is 1.00 bits per heavy atom. The van der Waals surface area contributed by atoms with E-state index in [1.807, 2.05) is 0 Å². The van der Waals surface area contributed by atoms with Gasteiger partial charge in [0.25, 0.3) is 5.91 Å². The molecule has 0 bridgehead atoms. The first-order valence-corrected chi connectivity index (χ1v) is 7.97. The summed E-state index contributed by atoms with van der Waals surface area (Å²) < 4.78 is 11.0. The van der Waals surface area contributed by atoms with Gasteiger partial charge in [0.05, 0.1) is 31.0 Å². The van der Waals surface area contributed by atoms with Crippen LogP contribution in [0, 0.1) is 0 Å². The zero-order valence-electron chi connectivity index (χ0n) is 14.9. The fourth-order valence-electron chi connectivity index (χ4n) is 2.35. The van der Waals surface area contributed by atoms with Crippen LogP contribution in [0.4, 0.5) is 5.69 Å². The lowest BCUT2D eigenvalue weighted by Gasteiger charge is -2.11. The number of amides is 1. The molecule has 0 saturated carbocycles. The van der Waals surface area contributed by atoms with Crippen molar-refractivity contribution in [3.63, 3.8) is 0 Å². The molecule has 0 aliphatic heterocycles. The highest BCUT2D eigenvalue weighted by Gasteiger charge is 2.18. The molecule has 2 heterocycles. The Kier molecular flexibility index (Phi) is 5.40. The van der Waals surface area contributed by atoms with Crippen LogP contribution in [-0.4, -0.2) is 51.8 Å². The highest BCUT2D eigenvalue weighted by Crippen LogP contribution is 2.20. The fraction of sp³-hybridized carbons (Fsp3) is 0.111. The van der Waals surface area contributed by atoms with Gasteiger partial charge in [-0.25, -0.2) is 14.6 Å². The quantitative estimate of drug-likeness (QED) is 0.659. The van der Waals surface area contributed by atoms with Crippen molar-refractivity contribution in [2.75, 3.05) is 19.5 Å². The molecule has 28 heavy (non-hydrogen) atoms. The zero-order chi connectivity index (χ0) is 20.1. The predicted molar refractivity (Wildman–Crippen MR) is 96.2 cm³/mol. The first-order valence-electron chi connectivity index (χ1n) is 7.97. The number of carbonyl (C=O) groups is 3. The molecule has 3 aromatic rings. The lowest BCUT2D eigenvalue weighted by atomic mass is 10.1. The first-order chi connectivity index (χ1) is 13.5. The number of carbonyl (C=O) groups excluding carboxylic acids is 3. The number of nitrogens with zero attached hydrogens (tertiary/aromatic N) is 4. The Balaban J connectivity index is 1.87. The molecule has 0 aliphatic rings. The maximum Gasteiger partial charge on any atom is 0.339 e. The van der Waals surface area contributed by atoms with Crippen LogP contribution in [0.1, 0.15) is 31.2 Å². The van der Waals surface area contributed by atoms with Crippen molar-refractivity contribution in [3.8, 4) is 5.82 Å². The summed E-state index contributed by atoms with van der Waals surface area (Å²) in [6, 6.07) is 7.15. The third-order valence-electron chi connectivity index (χ3n) is 3.75. The average Bonchev–Trinajstić information content (AvgIpc) is 3.27. The Labute approximate surface area is 159 Å². The predicted octanol–water partition coefficient (Wildman–Crippen LogP) is 1.49. The molecule has 0 spiro atoms. The van der Waals surface area contributed by atoms with Gasteiger partial charge in [-0.05, 0) is 30.3 Å². The van der Waals surface area contributed by atoms with Gasteiger partial charge in [0, 0.05) is 12.4 Å². The number of anilines is 1. The number of nitrogens with one attached hydrogen (secondary N) is 1. The third kappa shape index (κ3) is 3.85. The Morgan fingerprint density at radius 3 is 2.39 bits per heavy atom. The minimum absolute atomic E-state index is 0.0168. The molecule has 1 aromatic carbocycles. The first kappa shape index (κ1) is 18.7. The van der Waals surface area contributed by atoms with Crippen molar-refractivity contribution in [1.82, 2.24) is 19.7 Å². The van der Waals surface area contributed by atoms with Crippen molar-refractivity contribution >= 4 is 23.5 Å². The van der Waals surface area contributed by atoms with Crippen LogP contribution in [0.2, 0.25) is 0 Å². The molecule has 0 unspecified atom stereocenters. The number of imidazole rings is 1.